The zero-order valence-corrected chi connectivity index (χ0v) is 11.3. The first kappa shape index (κ1) is 13.9. The Labute approximate surface area is 117 Å². The van der Waals surface area contributed by atoms with E-state index in [4.69, 9.17) is 5.73 Å². The summed E-state index contributed by atoms with van der Waals surface area (Å²) in [6, 6.07) is 5.87. The lowest BCUT2D eigenvalue weighted by Gasteiger charge is -2.42. The van der Waals surface area contributed by atoms with Crippen molar-refractivity contribution in [3.05, 3.63) is 41.3 Å². The van der Waals surface area contributed by atoms with E-state index in [-0.39, 0.29) is 6.04 Å². The van der Waals surface area contributed by atoms with Gasteiger partial charge in [-0.05, 0) is 55.2 Å². The third-order valence-corrected chi connectivity index (χ3v) is 4.90. The van der Waals surface area contributed by atoms with Crippen molar-refractivity contribution in [1.29, 1.82) is 0 Å². The van der Waals surface area contributed by atoms with Gasteiger partial charge >= 0.3 is 6.18 Å². The molecule has 2 aliphatic rings. The topological polar surface area (TPSA) is 26.0 Å². The summed E-state index contributed by atoms with van der Waals surface area (Å²) in [7, 11) is 0. The molecule has 20 heavy (non-hydrogen) atoms. The van der Waals surface area contributed by atoms with Gasteiger partial charge in [-0.1, -0.05) is 18.6 Å². The monoisotopic (exact) mass is 282 g/mol. The molecule has 2 N–H and O–H groups in total. The first-order chi connectivity index (χ1) is 9.47. The number of rotatable bonds is 2. The Morgan fingerprint density at radius 2 is 1.70 bits per heavy atom. The maximum absolute atomic E-state index is 12.6. The van der Waals surface area contributed by atoms with Crippen LogP contribution in [-0.2, 0) is 6.18 Å². The molecule has 2 aliphatic carbocycles. The molecule has 3 rings (SSSR count). The Kier molecular flexibility index (Phi) is 3.53. The molecular weight excluding hydrogens is 263 g/mol. The summed E-state index contributed by atoms with van der Waals surface area (Å²) < 4.78 is 37.7. The fraction of sp³-hybridized carbons (Fsp3) is 0.562. The Morgan fingerprint density at radius 3 is 2.15 bits per heavy atom. The van der Waals surface area contributed by atoms with Crippen LogP contribution in [0, 0.1) is 17.8 Å². The summed E-state index contributed by atoms with van der Waals surface area (Å²) in [5.41, 5.74) is 6.54. The second kappa shape index (κ2) is 5.06. The summed E-state index contributed by atoms with van der Waals surface area (Å²) in [6.07, 6.45) is 1.31. The number of benzene rings is 1. The third kappa shape index (κ3) is 2.46. The van der Waals surface area contributed by atoms with Gasteiger partial charge < -0.3 is 5.73 Å². The molecule has 1 aromatic rings. The van der Waals surface area contributed by atoms with Gasteiger partial charge in [0.05, 0.1) is 5.56 Å². The fourth-order valence-electron chi connectivity index (χ4n) is 3.68. The number of alkyl halides is 3. The van der Waals surface area contributed by atoms with Crippen molar-refractivity contribution in [2.75, 3.05) is 0 Å². The van der Waals surface area contributed by atoms with Crippen LogP contribution in [0.5, 0.6) is 0 Å². The quantitative estimate of drug-likeness (QED) is 0.865. The molecule has 0 spiro atoms. The van der Waals surface area contributed by atoms with Crippen molar-refractivity contribution in [1.82, 2.24) is 0 Å². The van der Waals surface area contributed by atoms with Crippen LogP contribution >= 0.6 is 0 Å². The Morgan fingerprint density at radius 1 is 1.00 bits per heavy atom. The predicted octanol–water partition coefficient (Wildman–Crippen LogP) is 4.17. The van der Waals surface area contributed by atoms with Crippen LogP contribution in [0.2, 0.25) is 0 Å². The van der Waals surface area contributed by atoms with Gasteiger partial charge in [0.2, 0.25) is 0 Å². The lowest BCUT2D eigenvalue weighted by Crippen LogP contribution is -2.38. The molecule has 0 bridgehead atoms. The third-order valence-electron chi connectivity index (χ3n) is 4.90. The SMILES string of the molecule is NC1CCCC1C1CC[C]1c1ccc(C(F)(F)F)cc1. The molecule has 1 nitrogen and oxygen atoms in total. The molecule has 1 radical (unpaired) electrons. The van der Waals surface area contributed by atoms with Crippen LogP contribution in [-0.4, -0.2) is 6.04 Å². The molecule has 0 amide bonds. The minimum atomic E-state index is -4.25. The highest BCUT2D eigenvalue weighted by Crippen LogP contribution is 2.50. The van der Waals surface area contributed by atoms with Gasteiger partial charge in [0.15, 0.2) is 0 Å². The van der Waals surface area contributed by atoms with Crippen LogP contribution in [0.4, 0.5) is 13.2 Å². The van der Waals surface area contributed by atoms with Gasteiger partial charge in [-0.2, -0.15) is 13.2 Å². The highest BCUT2D eigenvalue weighted by atomic mass is 19.4. The van der Waals surface area contributed by atoms with Crippen LogP contribution in [0.3, 0.4) is 0 Å². The van der Waals surface area contributed by atoms with Gasteiger partial charge in [-0.15, -0.1) is 0 Å². The lowest BCUT2D eigenvalue weighted by molar-refractivity contribution is -0.137. The molecule has 3 atom stereocenters. The number of halogens is 3. The first-order valence-electron chi connectivity index (χ1n) is 7.26. The van der Waals surface area contributed by atoms with E-state index >= 15 is 0 Å². The largest absolute Gasteiger partial charge is 0.416 e. The van der Waals surface area contributed by atoms with E-state index in [1.165, 1.54) is 24.5 Å². The van der Waals surface area contributed by atoms with E-state index in [0.29, 0.717) is 11.8 Å². The van der Waals surface area contributed by atoms with E-state index in [2.05, 4.69) is 0 Å². The maximum atomic E-state index is 12.6. The van der Waals surface area contributed by atoms with Gasteiger partial charge in [0.1, 0.15) is 0 Å². The number of nitrogens with two attached hydrogens (primary N) is 1. The molecule has 0 saturated heterocycles. The van der Waals surface area contributed by atoms with E-state index in [1.54, 1.807) is 12.1 Å². The van der Waals surface area contributed by atoms with E-state index in [1.807, 2.05) is 0 Å². The average Bonchev–Trinajstić information content (AvgIpc) is 2.74. The normalized spacial score (nSPS) is 31.3. The molecule has 0 aromatic heterocycles. The minimum absolute atomic E-state index is 0.268. The molecular formula is C16H19F3N. The standard InChI is InChI=1S/C16H19F3N/c17-16(18,19)11-6-4-10(5-7-11)12-8-9-13(12)14-2-1-3-15(14)20/h4-7,13-15H,1-3,8-9,20H2. The van der Waals surface area contributed by atoms with E-state index < -0.39 is 11.7 Å². The predicted molar refractivity (Wildman–Crippen MR) is 71.8 cm³/mol. The first-order valence-corrected chi connectivity index (χ1v) is 7.26. The molecule has 0 aliphatic heterocycles. The van der Waals surface area contributed by atoms with Crippen LogP contribution < -0.4 is 5.73 Å². The molecule has 0 heterocycles. The molecule has 2 fully saturated rings. The zero-order chi connectivity index (χ0) is 14.3. The molecule has 1 aromatic carbocycles. The van der Waals surface area contributed by atoms with E-state index in [0.717, 1.165) is 31.2 Å². The Bertz CT molecular complexity index is 466. The lowest BCUT2D eigenvalue weighted by atomic mass is 9.63. The van der Waals surface area contributed by atoms with Crippen molar-refractivity contribution < 1.29 is 13.2 Å². The van der Waals surface area contributed by atoms with Gasteiger partial charge in [0.25, 0.3) is 0 Å². The van der Waals surface area contributed by atoms with Gasteiger partial charge in [-0.3, -0.25) is 0 Å². The summed E-state index contributed by atoms with van der Waals surface area (Å²) in [4.78, 5) is 0. The number of hydrogen-bond acceptors (Lipinski definition) is 1. The second-order valence-corrected chi connectivity index (χ2v) is 6.00. The van der Waals surface area contributed by atoms with Crippen molar-refractivity contribution in [2.24, 2.45) is 17.6 Å². The smallest absolute Gasteiger partial charge is 0.327 e. The van der Waals surface area contributed by atoms with Gasteiger partial charge in [-0.25, -0.2) is 0 Å². The summed E-state index contributed by atoms with van der Waals surface area (Å²) >= 11 is 0. The molecule has 3 unspecified atom stereocenters. The van der Waals surface area contributed by atoms with E-state index in [9.17, 15) is 13.2 Å². The molecule has 2 saturated carbocycles. The van der Waals surface area contributed by atoms with Crippen molar-refractivity contribution >= 4 is 0 Å². The Balaban J connectivity index is 1.73. The molecule has 109 valence electrons. The maximum Gasteiger partial charge on any atom is 0.416 e. The Hall–Kier alpha value is -1.03. The van der Waals surface area contributed by atoms with Crippen LogP contribution in [0.1, 0.15) is 43.2 Å². The fourth-order valence-corrected chi connectivity index (χ4v) is 3.68. The molecule has 4 heteroatoms. The van der Waals surface area contributed by atoms with Crippen molar-refractivity contribution in [3.63, 3.8) is 0 Å². The van der Waals surface area contributed by atoms with Gasteiger partial charge in [0, 0.05) is 12.0 Å². The van der Waals surface area contributed by atoms with Crippen LogP contribution in [0.25, 0.3) is 0 Å². The highest BCUT2D eigenvalue weighted by molar-refractivity contribution is 5.38. The average molecular weight is 282 g/mol. The van der Waals surface area contributed by atoms with Crippen molar-refractivity contribution in [2.45, 2.75) is 44.3 Å². The highest BCUT2D eigenvalue weighted by Gasteiger charge is 2.42. The summed E-state index contributed by atoms with van der Waals surface area (Å²) in [6.45, 7) is 0. The minimum Gasteiger partial charge on any atom is -0.327 e. The summed E-state index contributed by atoms with van der Waals surface area (Å²) in [5.74, 6) is 2.33. The zero-order valence-electron chi connectivity index (χ0n) is 11.3. The second-order valence-electron chi connectivity index (χ2n) is 6.00. The number of hydrogen-bond donors (Lipinski definition) is 1. The van der Waals surface area contributed by atoms with Crippen LogP contribution in [0.15, 0.2) is 24.3 Å². The summed E-state index contributed by atoms with van der Waals surface area (Å²) in [5, 5.41) is 0. The van der Waals surface area contributed by atoms with Crippen molar-refractivity contribution in [3.8, 4) is 0 Å².